The third-order valence-corrected chi connectivity index (χ3v) is 5.41. The molecule has 3 aromatic rings. The van der Waals surface area contributed by atoms with E-state index in [2.05, 4.69) is 38.9 Å². The van der Waals surface area contributed by atoms with Crippen LogP contribution in [0.4, 0.5) is 0 Å². The summed E-state index contributed by atoms with van der Waals surface area (Å²) >= 11 is 2.93. The van der Waals surface area contributed by atoms with E-state index in [1.54, 1.807) is 23.3 Å². The van der Waals surface area contributed by atoms with Crippen LogP contribution in [0.5, 0.6) is 0 Å². The fraction of sp³-hybridized carbons (Fsp3) is 0.471. The van der Waals surface area contributed by atoms with Gasteiger partial charge in [0.25, 0.3) is 11.5 Å². The van der Waals surface area contributed by atoms with E-state index in [-0.39, 0.29) is 11.1 Å². The maximum Gasteiger partial charge on any atom is 0.271 e. The number of aromatic nitrogens is 5. The molecule has 3 heterocycles. The van der Waals surface area contributed by atoms with E-state index < -0.39 is 5.91 Å². The van der Waals surface area contributed by atoms with Gasteiger partial charge in [0.15, 0.2) is 10.1 Å². The normalized spacial score (nSPS) is 11.4. The second-order valence-electron chi connectivity index (χ2n) is 6.50. The molecule has 0 fully saturated rings. The molecule has 27 heavy (non-hydrogen) atoms. The topological polar surface area (TPSA) is 94.2 Å². The van der Waals surface area contributed by atoms with Gasteiger partial charge in [-0.3, -0.25) is 14.0 Å². The first-order valence-corrected chi connectivity index (χ1v) is 10.8. The molecule has 0 aliphatic heterocycles. The van der Waals surface area contributed by atoms with Gasteiger partial charge in [-0.05, 0) is 18.6 Å². The van der Waals surface area contributed by atoms with E-state index >= 15 is 0 Å². The lowest BCUT2D eigenvalue weighted by Crippen LogP contribution is -2.32. The van der Waals surface area contributed by atoms with Gasteiger partial charge in [-0.25, -0.2) is 4.98 Å². The zero-order valence-electron chi connectivity index (χ0n) is 15.5. The van der Waals surface area contributed by atoms with Gasteiger partial charge < -0.3 is 9.88 Å². The Morgan fingerprint density at radius 3 is 2.93 bits per heavy atom. The minimum atomic E-state index is -0.401. The van der Waals surface area contributed by atoms with Gasteiger partial charge in [0.2, 0.25) is 0 Å². The van der Waals surface area contributed by atoms with Gasteiger partial charge in [-0.2, -0.15) is 0 Å². The summed E-state index contributed by atoms with van der Waals surface area (Å²) in [6.07, 6.45) is 6.37. The first kappa shape index (κ1) is 19.6. The van der Waals surface area contributed by atoms with E-state index in [4.69, 9.17) is 0 Å². The molecule has 0 radical (unpaired) electrons. The highest BCUT2D eigenvalue weighted by Gasteiger charge is 2.15. The van der Waals surface area contributed by atoms with Gasteiger partial charge in [0.05, 0.1) is 0 Å². The number of amides is 1. The van der Waals surface area contributed by atoms with Gasteiger partial charge in [-0.15, -0.1) is 21.5 Å². The molecule has 0 aromatic carbocycles. The van der Waals surface area contributed by atoms with E-state index in [1.807, 2.05) is 6.26 Å². The standard InChI is InChI=1S/C17H22N6O2S2/c1-11(2)10-23-13(20-21-17(23)26-3)5-4-6-18-14(24)12-9-19-16-22(15(12)25)7-8-27-16/h7-9,11H,4-6,10H2,1-3H3,(H,18,24). The number of thiazole rings is 1. The Bertz CT molecular complexity index is 991. The maximum absolute atomic E-state index is 12.3. The van der Waals surface area contributed by atoms with E-state index in [0.29, 0.717) is 30.3 Å². The van der Waals surface area contributed by atoms with Crippen molar-refractivity contribution < 1.29 is 4.79 Å². The summed E-state index contributed by atoms with van der Waals surface area (Å²) in [5.74, 6) is 1.02. The zero-order valence-corrected chi connectivity index (χ0v) is 17.1. The largest absolute Gasteiger partial charge is 0.352 e. The molecule has 0 atom stereocenters. The van der Waals surface area contributed by atoms with Crippen molar-refractivity contribution in [3.05, 3.63) is 39.5 Å². The van der Waals surface area contributed by atoms with E-state index in [0.717, 1.165) is 17.5 Å². The molecular formula is C17H22N6O2S2. The monoisotopic (exact) mass is 406 g/mol. The second-order valence-corrected chi connectivity index (χ2v) is 8.15. The van der Waals surface area contributed by atoms with Crippen LogP contribution in [0, 0.1) is 5.92 Å². The summed E-state index contributed by atoms with van der Waals surface area (Å²) in [5, 5.41) is 14.0. The molecule has 3 aromatic heterocycles. The van der Waals surface area contributed by atoms with Crippen LogP contribution in [-0.4, -0.2) is 42.9 Å². The Balaban J connectivity index is 1.58. The molecule has 0 spiro atoms. The van der Waals surface area contributed by atoms with Gasteiger partial charge >= 0.3 is 0 Å². The van der Waals surface area contributed by atoms with Crippen molar-refractivity contribution >= 4 is 34.0 Å². The summed E-state index contributed by atoms with van der Waals surface area (Å²) in [5.41, 5.74) is -0.293. The first-order valence-electron chi connectivity index (χ1n) is 8.70. The fourth-order valence-electron chi connectivity index (χ4n) is 2.73. The third-order valence-electron chi connectivity index (χ3n) is 3.97. The molecule has 144 valence electrons. The van der Waals surface area contributed by atoms with Gasteiger partial charge in [-0.1, -0.05) is 25.6 Å². The molecule has 8 nitrogen and oxygen atoms in total. The SMILES string of the molecule is CSc1nnc(CCCNC(=O)c2cnc3sccn3c2=O)n1CC(C)C. The maximum atomic E-state index is 12.3. The average Bonchev–Trinajstić information content (AvgIpc) is 3.26. The highest BCUT2D eigenvalue weighted by atomic mass is 32.2. The minimum Gasteiger partial charge on any atom is -0.352 e. The van der Waals surface area contributed by atoms with Crippen molar-refractivity contribution in [2.45, 2.75) is 38.4 Å². The lowest BCUT2D eigenvalue weighted by atomic mass is 10.2. The Labute approximate surface area is 165 Å². The molecule has 0 aliphatic rings. The third kappa shape index (κ3) is 4.38. The van der Waals surface area contributed by atoms with Crippen molar-refractivity contribution in [3.63, 3.8) is 0 Å². The van der Waals surface area contributed by atoms with Crippen LogP contribution in [-0.2, 0) is 13.0 Å². The molecule has 0 saturated heterocycles. The number of fused-ring (bicyclic) bond motifs is 1. The highest BCUT2D eigenvalue weighted by molar-refractivity contribution is 7.98. The molecule has 3 rings (SSSR count). The number of hydrogen-bond acceptors (Lipinski definition) is 7. The summed E-state index contributed by atoms with van der Waals surface area (Å²) in [6, 6.07) is 0. The second kappa shape index (κ2) is 8.66. The Morgan fingerprint density at radius 2 is 2.19 bits per heavy atom. The Hall–Kier alpha value is -2.20. The highest BCUT2D eigenvalue weighted by Crippen LogP contribution is 2.16. The summed E-state index contributed by atoms with van der Waals surface area (Å²) < 4.78 is 3.52. The van der Waals surface area contributed by atoms with E-state index in [1.165, 1.54) is 21.9 Å². The number of hydrogen-bond donors (Lipinski definition) is 1. The van der Waals surface area contributed by atoms with Crippen LogP contribution in [0.3, 0.4) is 0 Å². The molecular weight excluding hydrogens is 384 g/mol. The summed E-state index contributed by atoms with van der Waals surface area (Å²) in [4.78, 5) is 29.3. The van der Waals surface area contributed by atoms with Gasteiger partial charge in [0, 0.05) is 37.3 Å². The molecule has 0 bridgehead atoms. The predicted octanol–water partition coefficient (Wildman–Crippen LogP) is 2.09. The smallest absolute Gasteiger partial charge is 0.271 e. The van der Waals surface area contributed by atoms with Crippen LogP contribution in [0.1, 0.15) is 36.5 Å². The summed E-state index contributed by atoms with van der Waals surface area (Å²) in [6.45, 7) is 5.64. The van der Waals surface area contributed by atoms with Crippen molar-refractivity contribution in [1.82, 2.24) is 29.5 Å². The zero-order chi connectivity index (χ0) is 19.4. The van der Waals surface area contributed by atoms with Crippen LogP contribution in [0.25, 0.3) is 4.96 Å². The Morgan fingerprint density at radius 1 is 1.37 bits per heavy atom. The van der Waals surface area contributed by atoms with Crippen molar-refractivity contribution in [3.8, 4) is 0 Å². The van der Waals surface area contributed by atoms with Crippen LogP contribution in [0.15, 0.2) is 27.7 Å². The van der Waals surface area contributed by atoms with E-state index in [9.17, 15) is 9.59 Å². The molecule has 10 heteroatoms. The fourth-order valence-corrected chi connectivity index (χ4v) is 3.93. The summed E-state index contributed by atoms with van der Waals surface area (Å²) in [7, 11) is 0. The molecule has 0 aliphatic carbocycles. The number of carbonyl (C=O) groups is 1. The van der Waals surface area contributed by atoms with Crippen molar-refractivity contribution in [2.75, 3.05) is 12.8 Å². The first-order chi connectivity index (χ1) is 13.0. The molecule has 0 unspecified atom stereocenters. The number of nitrogens with zero attached hydrogens (tertiary/aromatic N) is 5. The van der Waals surface area contributed by atoms with Crippen LogP contribution in [0.2, 0.25) is 0 Å². The average molecular weight is 407 g/mol. The lowest BCUT2D eigenvalue weighted by Gasteiger charge is -2.11. The Kier molecular flexibility index (Phi) is 6.27. The number of nitrogens with one attached hydrogen (secondary N) is 1. The quantitative estimate of drug-likeness (QED) is 0.455. The van der Waals surface area contributed by atoms with Crippen molar-refractivity contribution in [1.29, 1.82) is 0 Å². The number of thioether (sulfide) groups is 1. The van der Waals surface area contributed by atoms with Crippen LogP contribution < -0.4 is 10.9 Å². The minimum absolute atomic E-state index is 0.0542. The molecule has 1 amide bonds. The lowest BCUT2D eigenvalue weighted by molar-refractivity contribution is 0.0951. The predicted molar refractivity (Wildman–Crippen MR) is 107 cm³/mol. The number of rotatable bonds is 8. The van der Waals surface area contributed by atoms with Crippen molar-refractivity contribution in [2.24, 2.45) is 5.92 Å². The number of aryl methyl sites for hydroxylation is 1. The van der Waals surface area contributed by atoms with Crippen LogP contribution >= 0.6 is 23.1 Å². The van der Waals surface area contributed by atoms with Gasteiger partial charge in [0.1, 0.15) is 11.4 Å². The molecule has 1 N–H and O–H groups in total. The molecule has 0 saturated carbocycles. The number of carbonyl (C=O) groups excluding carboxylic acids is 1.